The molecule has 1 aromatic heterocycles. The molecule has 6 nitrogen and oxygen atoms in total. The number of fused-ring (bicyclic) bond motifs is 1. The predicted octanol–water partition coefficient (Wildman–Crippen LogP) is 3.48. The van der Waals surface area contributed by atoms with E-state index < -0.39 is 35.4 Å². The number of carbonyl (C=O) groups is 1. The van der Waals surface area contributed by atoms with Gasteiger partial charge >= 0.3 is 11.9 Å². The van der Waals surface area contributed by atoms with Gasteiger partial charge in [0, 0.05) is 12.2 Å². The fraction of sp³-hybridized carbons (Fsp3) is 0.286. The lowest BCUT2D eigenvalue weighted by atomic mass is 10.2. The zero-order valence-electron chi connectivity index (χ0n) is 16.4. The summed E-state index contributed by atoms with van der Waals surface area (Å²) in [5.41, 5.74) is -1.39. The number of hydrogen-bond donors (Lipinski definition) is 1. The predicted molar refractivity (Wildman–Crippen MR) is 107 cm³/mol. The highest BCUT2D eigenvalue weighted by Gasteiger charge is 2.30. The second kappa shape index (κ2) is 8.17. The molecule has 3 aromatic rings. The van der Waals surface area contributed by atoms with Crippen molar-refractivity contribution >= 4 is 22.5 Å². The molecule has 158 valence electrons. The average molecular weight is 419 g/mol. The van der Waals surface area contributed by atoms with Gasteiger partial charge < -0.3 is 5.32 Å². The molecule has 0 aliphatic heterocycles. The second-order valence-electron chi connectivity index (χ2n) is 7.32. The molecule has 0 bridgehead atoms. The number of halogens is 3. The summed E-state index contributed by atoms with van der Waals surface area (Å²) in [5, 5.41) is 2.79. The van der Waals surface area contributed by atoms with E-state index in [1.54, 1.807) is 24.3 Å². The van der Waals surface area contributed by atoms with E-state index in [0.717, 1.165) is 28.8 Å². The van der Waals surface area contributed by atoms with Crippen LogP contribution in [0.5, 0.6) is 0 Å². The fourth-order valence-corrected chi connectivity index (χ4v) is 3.14. The summed E-state index contributed by atoms with van der Waals surface area (Å²) in [4.78, 5) is 38.1. The molecule has 0 fully saturated rings. The molecule has 3 rings (SSSR count). The number of rotatable bonds is 5. The van der Waals surface area contributed by atoms with Crippen LogP contribution in [0, 0.1) is 5.92 Å². The number of hydrogen-bond acceptors (Lipinski definition) is 3. The maximum Gasteiger partial charge on any atom is 0.416 e. The minimum absolute atomic E-state index is 0.0333. The van der Waals surface area contributed by atoms with Crippen molar-refractivity contribution in [2.75, 3.05) is 5.32 Å². The van der Waals surface area contributed by atoms with Crippen LogP contribution in [0.3, 0.4) is 0 Å². The number of carbonyl (C=O) groups excluding carboxylic acids is 1. The number of para-hydroxylation sites is 1. The van der Waals surface area contributed by atoms with E-state index in [0.29, 0.717) is 10.9 Å². The molecule has 0 aliphatic rings. The molecule has 9 heteroatoms. The minimum atomic E-state index is -4.47. The molecular formula is C21H20F3N3O3. The number of anilines is 1. The highest BCUT2D eigenvalue weighted by atomic mass is 19.4. The van der Waals surface area contributed by atoms with Gasteiger partial charge in [-0.3, -0.25) is 18.7 Å². The molecule has 0 spiro atoms. The number of aromatic nitrogens is 2. The first-order valence-corrected chi connectivity index (χ1v) is 9.27. The summed E-state index contributed by atoms with van der Waals surface area (Å²) in [6, 6.07) is 10.5. The van der Waals surface area contributed by atoms with E-state index in [2.05, 4.69) is 5.32 Å². The highest BCUT2D eigenvalue weighted by molar-refractivity contribution is 5.91. The lowest BCUT2D eigenvalue weighted by Crippen LogP contribution is -2.42. The third-order valence-electron chi connectivity index (χ3n) is 4.48. The third kappa shape index (κ3) is 4.45. The largest absolute Gasteiger partial charge is 0.416 e. The zero-order chi connectivity index (χ0) is 22.1. The Balaban J connectivity index is 1.94. The van der Waals surface area contributed by atoms with Crippen LogP contribution in [-0.2, 0) is 24.1 Å². The van der Waals surface area contributed by atoms with Gasteiger partial charge in [-0.25, -0.2) is 4.79 Å². The first-order chi connectivity index (χ1) is 14.1. The molecule has 1 N–H and O–H groups in total. The first kappa shape index (κ1) is 21.4. The van der Waals surface area contributed by atoms with Crippen LogP contribution in [0.15, 0.2) is 58.1 Å². The van der Waals surface area contributed by atoms with Gasteiger partial charge in [-0.05, 0) is 42.3 Å². The molecule has 1 amide bonds. The summed E-state index contributed by atoms with van der Waals surface area (Å²) >= 11 is 0. The Labute approximate surface area is 169 Å². The number of nitrogens with one attached hydrogen (secondary N) is 1. The van der Waals surface area contributed by atoms with Crippen molar-refractivity contribution in [1.29, 1.82) is 0 Å². The van der Waals surface area contributed by atoms with E-state index in [4.69, 9.17) is 0 Å². The monoisotopic (exact) mass is 419 g/mol. The fourth-order valence-electron chi connectivity index (χ4n) is 3.14. The van der Waals surface area contributed by atoms with Gasteiger partial charge in [0.05, 0.1) is 16.5 Å². The van der Waals surface area contributed by atoms with Crippen molar-refractivity contribution in [3.63, 3.8) is 0 Å². The van der Waals surface area contributed by atoms with E-state index in [-0.39, 0.29) is 18.2 Å². The van der Waals surface area contributed by atoms with Crippen molar-refractivity contribution in [2.45, 2.75) is 33.1 Å². The van der Waals surface area contributed by atoms with Gasteiger partial charge in [0.2, 0.25) is 5.91 Å². The summed E-state index contributed by atoms with van der Waals surface area (Å²) in [6.07, 6.45) is -4.47. The Kier molecular flexibility index (Phi) is 5.82. The average Bonchev–Trinajstić information content (AvgIpc) is 2.68. The van der Waals surface area contributed by atoms with Crippen LogP contribution in [0.2, 0.25) is 0 Å². The maximum atomic E-state index is 12.9. The smallest absolute Gasteiger partial charge is 0.325 e. The molecule has 30 heavy (non-hydrogen) atoms. The lowest BCUT2D eigenvalue weighted by Gasteiger charge is -2.15. The molecule has 0 atom stereocenters. The van der Waals surface area contributed by atoms with Crippen LogP contribution >= 0.6 is 0 Å². The second-order valence-corrected chi connectivity index (χ2v) is 7.32. The van der Waals surface area contributed by atoms with Gasteiger partial charge in [0.15, 0.2) is 0 Å². The van der Waals surface area contributed by atoms with Crippen molar-refractivity contribution < 1.29 is 18.0 Å². The summed E-state index contributed by atoms with van der Waals surface area (Å²) in [6.45, 7) is 3.53. The van der Waals surface area contributed by atoms with Crippen LogP contribution in [0.25, 0.3) is 10.9 Å². The third-order valence-corrected chi connectivity index (χ3v) is 4.48. The standard InChI is InChI=1S/C21H20F3N3O3/c1-13(2)11-27-19(29)16-5-3-4-6-17(16)26(20(27)30)12-18(28)25-15-9-7-14(8-10-15)21(22,23)24/h3-10,13H,11-12H2,1-2H3,(H,25,28). The Bertz CT molecular complexity index is 1190. The zero-order valence-corrected chi connectivity index (χ0v) is 16.4. The minimum Gasteiger partial charge on any atom is -0.325 e. The molecule has 0 radical (unpaired) electrons. The van der Waals surface area contributed by atoms with E-state index >= 15 is 0 Å². The van der Waals surface area contributed by atoms with Crippen molar-refractivity contribution in [2.24, 2.45) is 5.92 Å². The molecular weight excluding hydrogens is 399 g/mol. The molecule has 0 saturated heterocycles. The van der Waals surface area contributed by atoms with Crippen molar-refractivity contribution in [3.8, 4) is 0 Å². The lowest BCUT2D eigenvalue weighted by molar-refractivity contribution is -0.137. The number of amides is 1. The van der Waals surface area contributed by atoms with Gasteiger partial charge in [0.25, 0.3) is 5.56 Å². The SMILES string of the molecule is CC(C)Cn1c(=O)c2ccccc2n(CC(=O)Nc2ccc(C(F)(F)F)cc2)c1=O. The van der Waals surface area contributed by atoms with Gasteiger partial charge in [-0.1, -0.05) is 26.0 Å². The Morgan fingerprint density at radius 1 is 1.00 bits per heavy atom. The van der Waals surface area contributed by atoms with Crippen molar-refractivity contribution in [3.05, 3.63) is 74.9 Å². The summed E-state index contributed by atoms with van der Waals surface area (Å²) < 4.78 is 40.3. The Hall–Kier alpha value is -3.36. The maximum absolute atomic E-state index is 12.9. The number of benzene rings is 2. The van der Waals surface area contributed by atoms with Gasteiger partial charge in [0.1, 0.15) is 6.54 Å². The molecule has 1 heterocycles. The molecule has 2 aromatic carbocycles. The van der Waals surface area contributed by atoms with Crippen LogP contribution < -0.4 is 16.6 Å². The van der Waals surface area contributed by atoms with Crippen LogP contribution in [-0.4, -0.2) is 15.0 Å². The molecule has 0 aliphatic carbocycles. The number of alkyl halides is 3. The Morgan fingerprint density at radius 2 is 1.63 bits per heavy atom. The number of nitrogens with zero attached hydrogens (tertiary/aromatic N) is 2. The molecule has 0 unspecified atom stereocenters. The topological polar surface area (TPSA) is 73.1 Å². The summed E-state index contributed by atoms with van der Waals surface area (Å²) in [5.74, 6) is -0.567. The highest BCUT2D eigenvalue weighted by Crippen LogP contribution is 2.29. The van der Waals surface area contributed by atoms with Crippen LogP contribution in [0.1, 0.15) is 19.4 Å². The summed E-state index contributed by atoms with van der Waals surface area (Å²) in [7, 11) is 0. The van der Waals surface area contributed by atoms with E-state index in [1.807, 2.05) is 13.8 Å². The van der Waals surface area contributed by atoms with Gasteiger partial charge in [-0.2, -0.15) is 13.2 Å². The van der Waals surface area contributed by atoms with E-state index in [1.165, 1.54) is 4.57 Å². The van der Waals surface area contributed by atoms with E-state index in [9.17, 15) is 27.6 Å². The normalized spacial score (nSPS) is 11.8. The molecule has 0 saturated carbocycles. The Morgan fingerprint density at radius 3 is 2.23 bits per heavy atom. The first-order valence-electron chi connectivity index (χ1n) is 9.27. The van der Waals surface area contributed by atoms with Gasteiger partial charge in [-0.15, -0.1) is 0 Å². The van der Waals surface area contributed by atoms with Crippen molar-refractivity contribution in [1.82, 2.24) is 9.13 Å². The van der Waals surface area contributed by atoms with Crippen LogP contribution in [0.4, 0.5) is 18.9 Å². The quantitative estimate of drug-likeness (QED) is 0.688.